The van der Waals surface area contributed by atoms with Gasteiger partial charge in [-0.3, -0.25) is 9.78 Å². The van der Waals surface area contributed by atoms with Crippen LogP contribution in [-0.2, 0) is 12.8 Å². The van der Waals surface area contributed by atoms with E-state index in [-0.39, 0.29) is 5.91 Å². The highest BCUT2D eigenvalue weighted by atomic mass is 16.1. The van der Waals surface area contributed by atoms with Gasteiger partial charge in [-0.25, -0.2) is 0 Å². The number of carbonyl (C=O) groups is 1. The van der Waals surface area contributed by atoms with Crippen LogP contribution in [0.4, 0.5) is 5.69 Å². The molecule has 0 aliphatic rings. The van der Waals surface area contributed by atoms with Crippen LogP contribution in [-0.4, -0.2) is 10.9 Å². The fourth-order valence-electron chi connectivity index (χ4n) is 3.76. The highest BCUT2D eigenvalue weighted by Gasteiger charge is 2.14. The Morgan fingerprint density at radius 1 is 0.900 bits per heavy atom. The van der Waals surface area contributed by atoms with Crippen molar-refractivity contribution >= 4 is 22.5 Å². The van der Waals surface area contributed by atoms with Crippen molar-refractivity contribution in [1.82, 2.24) is 4.98 Å². The first kappa shape index (κ1) is 19.8. The minimum absolute atomic E-state index is 0.0748. The summed E-state index contributed by atoms with van der Waals surface area (Å²) in [5.74, 6) is -0.0748. The second kappa shape index (κ2) is 9.36. The first-order chi connectivity index (χ1) is 14.7. The average molecular weight is 395 g/mol. The predicted molar refractivity (Wildman–Crippen MR) is 124 cm³/mol. The Hall–Kier alpha value is -3.46. The van der Waals surface area contributed by atoms with Crippen molar-refractivity contribution in [2.24, 2.45) is 0 Å². The van der Waals surface area contributed by atoms with E-state index in [1.807, 2.05) is 54.6 Å². The van der Waals surface area contributed by atoms with E-state index < -0.39 is 0 Å². The third-order valence-corrected chi connectivity index (χ3v) is 5.35. The van der Waals surface area contributed by atoms with Crippen LogP contribution < -0.4 is 5.32 Å². The summed E-state index contributed by atoms with van der Waals surface area (Å²) >= 11 is 0. The molecule has 1 heterocycles. The van der Waals surface area contributed by atoms with E-state index in [0.717, 1.165) is 59.0 Å². The van der Waals surface area contributed by atoms with Crippen LogP contribution in [0.1, 0.15) is 46.8 Å². The number of hydrogen-bond donors (Lipinski definition) is 1. The molecular weight excluding hydrogens is 368 g/mol. The fraction of sp³-hybridized carbons (Fsp3) is 0.185. The number of aromatic nitrogens is 1. The SMILES string of the molecule is CCCCc1ccc(Cc2ccccc2)cc1C(=O)Nc1cccc2cccnc12. The number of para-hydroxylation sites is 1. The standard InChI is InChI=1S/C27H26N2O/c1-2-3-11-22-16-15-21(18-20-9-5-4-6-10-20)19-24(22)27(30)29-25-14-7-12-23-13-8-17-28-26(23)25/h4-10,12-17,19H,2-3,11,18H2,1H3,(H,29,30). The van der Waals surface area contributed by atoms with Gasteiger partial charge < -0.3 is 5.32 Å². The summed E-state index contributed by atoms with van der Waals surface area (Å²) in [6, 6.07) is 26.4. The first-order valence-corrected chi connectivity index (χ1v) is 10.6. The van der Waals surface area contributed by atoms with Gasteiger partial charge in [0.15, 0.2) is 0 Å². The lowest BCUT2D eigenvalue weighted by Gasteiger charge is -2.13. The molecule has 3 heteroatoms. The minimum atomic E-state index is -0.0748. The minimum Gasteiger partial charge on any atom is -0.320 e. The van der Waals surface area contributed by atoms with Gasteiger partial charge in [-0.1, -0.05) is 74.0 Å². The number of aryl methyl sites for hydroxylation is 1. The van der Waals surface area contributed by atoms with E-state index in [0.29, 0.717) is 0 Å². The molecule has 0 radical (unpaired) electrons. The highest BCUT2D eigenvalue weighted by Crippen LogP contribution is 2.23. The number of hydrogen-bond acceptors (Lipinski definition) is 2. The first-order valence-electron chi connectivity index (χ1n) is 10.6. The maximum atomic E-state index is 13.3. The molecular formula is C27H26N2O. The van der Waals surface area contributed by atoms with Crippen LogP contribution in [0.2, 0.25) is 0 Å². The molecule has 0 unspecified atom stereocenters. The quantitative estimate of drug-likeness (QED) is 0.393. The van der Waals surface area contributed by atoms with Crippen molar-refractivity contribution in [3.05, 3.63) is 107 Å². The molecule has 4 aromatic rings. The summed E-state index contributed by atoms with van der Waals surface area (Å²) in [6.45, 7) is 2.17. The van der Waals surface area contributed by atoms with E-state index >= 15 is 0 Å². The van der Waals surface area contributed by atoms with E-state index in [1.165, 1.54) is 5.56 Å². The smallest absolute Gasteiger partial charge is 0.256 e. The predicted octanol–water partition coefficient (Wildman–Crippen LogP) is 6.42. The molecule has 0 spiro atoms. The molecule has 3 aromatic carbocycles. The number of pyridine rings is 1. The summed E-state index contributed by atoms with van der Waals surface area (Å²) in [6.07, 6.45) is 5.63. The Labute approximate surface area is 177 Å². The second-order valence-electron chi connectivity index (χ2n) is 7.59. The number of fused-ring (bicyclic) bond motifs is 1. The van der Waals surface area contributed by atoms with Gasteiger partial charge in [0.25, 0.3) is 5.91 Å². The van der Waals surface area contributed by atoms with Gasteiger partial charge in [-0.15, -0.1) is 0 Å². The number of carbonyl (C=O) groups excluding carboxylic acids is 1. The van der Waals surface area contributed by atoms with Gasteiger partial charge in [-0.2, -0.15) is 0 Å². The van der Waals surface area contributed by atoms with Crippen LogP contribution >= 0.6 is 0 Å². The van der Waals surface area contributed by atoms with Crippen LogP contribution in [0.5, 0.6) is 0 Å². The van der Waals surface area contributed by atoms with Gasteiger partial charge in [-0.05, 0) is 54.2 Å². The molecule has 4 rings (SSSR count). The molecule has 0 bridgehead atoms. The van der Waals surface area contributed by atoms with Crippen molar-refractivity contribution in [3.63, 3.8) is 0 Å². The lowest BCUT2D eigenvalue weighted by molar-refractivity contribution is 0.102. The molecule has 1 amide bonds. The molecule has 0 aliphatic carbocycles. The van der Waals surface area contributed by atoms with Gasteiger partial charge in [0.05, 0.1) is 11.2 Å². The number of amides is 1. The molecule has 30 heavy (non-hydrogen) atoms. The Morgan fingerprint density at radius 3 is 2.57 bits per heavy atom. The monoisotopic (exact) mass is 394 g/mol. The number of unbranched alkanes of at least 4 members (excludes halogenated alkanes) is 1. The van der Waals surface area contributed by atoms with Crippen LogP contribution in [0.3, 0.4) is 0 Å². The van der Waals surface area contributed by atoms with E-state index in [9.17, 15) is 4.79 Å². The van der Waals surface area contributed by atoms with Crippen molar-refractivity contribution in [2.75, 3.05) is 5.32 Å². The van der Waals surface area contributed by atoms with Gasteiger partial charge >= 0.3 is 0 Å². The van der Waals surface area contributed by atoms with Crippen molar-refractivity contribution in [1.29, 1.82) is 0 Å². The van der Waals surface area contributed by atoms with Crippen LogP contribution in [0.25, 0.3) is 10.9 Å². The summed E-state index contributed by atoms with van der Waals surface area (Å²) in [5, 5.41) is 4.12. The lowest BCUT2D eigenvalue weighted by Crippen LogP contribution is -2.15. The number of nitrogens with one attached hydrogen (secondary N) is 1. The normalized spacial score (nSPS) is 10.8. The van der Waals surface area contributed by atoms with Crippen LogP contribution in [0, 0.1) is 0 Å². The van der Waals surface area contributed by atoms with Gasteiger partial charge in [0.2, 0.25) is 0 Å². The number of anilines is 1. The molecule has 0 fully saturated rings. The summed E-state index contributed by atoms with van der Waals surface area (Å²) in [4.78, 5) is 17.8. The molecule has 0 saturated heterocycles. The van der Waals surface area contributed by atoms with Crippen molar-refractivity contribution in [3.8, 4) is 0 Å². The third-order valence-electron chi connectivity index (χ3n) is 5.35. The topological polar surface area (TPSA) is 42.0 Å². The maximum Gasteiger partial charge on any atom is 0.256 e. The summed E-state index contributed by atoms with van der Waals surface area (Å²) in [5.41, 5.74) is 5.78. The molecule has 3 nitrogen and oxygen atoms in total. The van der Waals surface area contributed by atoms with Crippen LogP contribution in [0.15, 0.2) is 85.1 Å². The Balaban J connectivity index is 1.65. The Morgan fingerprint density at radius 2 is 1.73 bits per heavy atom. The van der Waals surface area contributed by atoms with E-state index in [1.54, 1.807) is 6.20 Å². The molecule has 1 N–H and O–H groups in total. The van der Waals surface area contributed by atoms with E-state index in [4.69, 9.17) is 0 Å². The zero-order chi connectivity index (χ0) is 20.8. The molecule has 0 saturated carbocycles. The molecule has 150 valence electrons. The summed E-state index contributed by atoms with van der Waals surface area (Å²) in [7, 11) is 0. The second-order valence-corrected chi connectivity index (χ2v) is 7.59. The molecule has 1 aromatic heterocycles. The highest BCUT2D eigenvalue weighted by molar-refractivity contribution is 6.09. The number of nitrogens with zero attached hydrogens (tertiary/aromatic N) is 1. The third kappa shape index (κ3) is 4.57. The Bertz CT molecular complexity index is 1150. The van der Waals surface area contributed by atoms with Gasteiger partial charge in [0, 0.05) is 17.1 Å². The fourth-order valence-corrected chi connectivity index (χ4v) is 3.76. The zero-order valence-corrected chi connectivity index (χ0v) is 17.3. The van der Waals surface area contributed by atoms with E-state index in [2.05, 4.69) is 41.5 Å². The Kier molecular flexibility index (Phi) is 6.19. The van der Waals surface area contributed by atoms with Crippen molar-refractivity contribution < 1.29 is 4.79 Å². The zero-order valence-electron chi connectivity index (χ0n) is 17.3. The largest absolute Gasteiger partial charge is 0.320 e. The summed E-state index contributed by atoms with van der Waals surface area (Å²) < 4.78 is 0. The molecule has 0 aliphatic heterocycles. The number of benzene rings is 3. The maximum absolute atomic E-state index is 13.3. The lowest BCUT2D eigenvalue weighted by atomic mass is 9.96. The van der Waals surface area contributed by atoms with Gasteiger partial charge in [0.1, 0.15) is 0 Å². The van der Waals surface area contributed by atoms with Crippen molar-refractivity contribution in [2.45, 2.75) is 32.6 Å². The molecule has 0 atom stereocenters. The number of rotatable bonds is 7. The average Bonchev–Trinajstić information content (AvgIpc) is 2.79.